The molecule has 46 heavy (non-hydrogen) atoms. The van der Waals surface area contributed by atoms with Crippen molar-refractivity contribution in [3.05, 3.63) is 90.0 Å². The summed E-state index contributed by atoms with van der Waals surface area (Å²) in [5.41, 5.74) is 3.24. The monoisotopic (exact) mass is 654 g/mol. The minimum absolute atomic E-state index is 0.155. The number of aliphatic hydroxyl groups is 1. The van der Waals surface area contributed by atoms with Crippen LogP contribution in [0.4, 0.5) is 24.5 Å². The van der Waals surface area contributed by atoms with Gasteiger partial charge in [-0.2, -0.15) is 5.10 Å². The Hall–Kier alpha value is -4.56. The van der Waals surface area contributed by atoms with Crippen LogP contribution in [-0.4, -0.2) is 55.0 Å². The standard InChI is InChI=1S/C32H33F3N6O4S/c1-20-5-15-26(45-31(2,3)4)25(17-20)41-28(42)18-46-30(41)38-29(43)37-22-9-6-21(7-10-22)8-16-27-36-19-40(39-27)23-11-13-24(14-12-23)44-32(33,34)35/h5-7,9-15,17,19,29,37,43H,8,16,18H2,1-4H3. The van der Waals surface area contributed by atoms with Gasteiger partial charge in [0.25, 0.3) is 0 Å². The number of carbonyl (C=O) groups excluding carboxylic acids is 1. The third-order valence-electron chi connectivity index (χ3n) is 6.53. The zero-order valence-electron chi connectivity index (χ0n) is 25.6. The number of nitrogens with zero attached hydrogens (tertiary/aromatic N) is 5. The van der Waals surface area contributed by atoms with Crippen molar-refractivity contribution >= 4 is 34.2 Å². The number of aromatic nitrogens is 3. The Labute approximate surface area is 268 Å². The van der Waals surface area contributed by atoms with Crippen LogP contribution in [-0.2, 0) is 17.6 Å². The molecule has 1 aliphatic heterocycles. The summed E-state index contributed by atoms with van der Waals surface area (Å²) in [5.74, 6) is 0.848. The van der Waals surface area contributed by atoms with E-state index in [4.69, 9.17) is 4.74 Å². The van der Waals surface area contributed by atoms with E-state index in [0.29, 0.717) is 46.6 Å². The molecule has 5 rings (SSSR count). The van der Waals surface area contributed by atoms with Gasteiger partial charge in [-0.1, -0.05) is 30.0 Å². The quantitative estimate of drug-likeness (QED) is 0.193. The third kappa shape index (κ3) is 8.79. The average Bonchev–Trinajstić information content (AvgIpc) is 3.59. The number of carbonyl (C=O) groups is 1. The lowest BCUT2D eigenvalue weighted by molar-refractivity contribution is -0.274. The second kappa shape index (κ2) is 13.4. The number of alkyl halides is 3. The molecule has 1 unspecified atom stereocenters. The van der Waals surface area contributed by atoms with Crippen molar-refractivity contribution in [2.75, 3.05) is 16.0 Å². The first-order chi connectivity index (χ1) is 21.7. The van der Waals surface area contributed by atoms with Gasteiger partial charge < -0.3 is 19.9 Å². The molecule has 1 aliphatic rings. The number of aliphatic hydroxyl groups excluding tert-OH is 1. The maximum absolute atomic E-state index is 12.9. The fourth-order valence-electron chi connectivity index (χ4n) is 4.56. The molecule has 0 bridgehead atoms. The third-order valence-corrected chi connectivity index (χ3v) is 7.47. The Morgan fingerprint density at radius 1 is 1.02 bits per heavy atom. The lowest BCUT2D eigenvalue weighted by Gasteiger charge is -2.26. The van der Waals surface area contributed by atoms with Gasteiger partial charge in [-0.3, -0.25) is 9.69 Å². The Kier molecular flexibility index (Phi) is 9.58. The van der Waals surface area contributed by atoms with Crippen molar-refractivity contribution < 1.29 is 32.5 Å². The topological polar surface area (TPSA) is 114 Å². The molecule has 1 fully saturated rings. The molecule has 2 heterocycles. The van der Waals surface area contributed by atoms with Gasteiger partial charge >= 0.3 is 6.36 Å². The summed E-state index contributed by atoms with van der Waals surface area (Å²) < 4.78 is 48.7. The Morgan fingerprint density at radius 3 is 2.41 bits per heavy atom. The van der Waals surface area contributed by atoms with E-state index in [1.54, 1.807) is 0 Å². The highest BCUT2D eigenvalue weighted by Gasteiger charge is 2.33. The number of aryl methyl sites for hydroxylation is 3. The predicted molar refractivity (Wildman–Crippen MR) is 170 cm³/mol. The van der Waals surface area contributed by atoms with Crippen molar-refractivity contribution in [2.45, 2.75) is 58.9 Å². The number of thioether (sulfide) groups is 1. The molecule has 3 aromatic carbocycles. The molecule has 2 N–H and O–H groups in total. The van der Waals surface area contributed by atoms with Crippen molar-refractivity contribution in [1.82, 2.24) is 14.8 Å². The Morgan fingerprint density at radius 2 is 1.74 bits per heavy atom. The number of ether oxygens (including phenoxy) is 2. The van der Waals surface area contributed by atoms with Crippen LogP contribution in [0.2, 0.25) is 0 Å². The van der Waals surface area contributed by atoms with E-state index in [9.17, 15) is 23.1 Å². The van der Waals surface area contributed by atoms with E-state index in [-0.39, 0.29) is 17.4 Å². The van der Waals surface area contributed by atoms with Crippen LogP contribution in [0, 0.1) is 6.92 Å². The molecular weight excluding hydrogens is 621 g/mol. The molecule has 0 aliphatic carbocycles. The number of amidine groups is 1. The number of rotatable bonds is 10. The van der Waals surface area contributed by atoms with Gasteiger partial charge in [0.15, 0.2) is 11.0 Å². The first kappa shape index (κ1) is 32.8. The van der Waals surface area contributed by atoms with Gasteiger partial charge in [0.2, 0.25) is 12.3 Å². The first-order valence-corrected chi connectivity index (χ1v) is 15.3. The van der Waals surface area contributed by atoms with Gasteiger partial charge in [0, 0.05) is 12.1 Å². The molecule has 0 spiro atoms. The van der Waals surface area contributed by atoms with Crippen LogP contribution in [0.15, 0.2) is 78.0 Å². The number of nitrogens with one attached hydrogen (secondary N) is 1. The number of anilines is 2. The zero-order chi connectivity index (χ0) is 33.1. The van der Waals surface area contributed by atoms with Crippen LogP contribution in [0.25, 0.3) is 5.69 Å². The maximum atomic E-state index is 12.9. The Bertz CT molecular complexity index is 1700. The summed E-state index contributed by atoms with van der Waals surface area (Å²) in [7, 11) is 0. The summed E-state index contributed by atoms with van der Waals surface area (Å²) in [6.45, 7) is 7.73. The molecule has 14 heteroatoms. The lowest BCUT2D eigenvalue weighted by atomic mass is 10.1. The molecule has 1 amide bonds. The molecule has 1 saturated heterocycles. The van der Waals surface area contributed by atoms with E-state index in [1.807, 2.05) is 70.2 Å². The van der Waals surface area contributed by atoms with Crippen molar-refractivity contribution in [3.63, 3.8) is 0 Å². The number of benzene rings is 3. The lowest BCUT2D eigenvalue weighted by Crippen LogP contribution is -2.33. The molecule has 4 aromatic rings. The van der Waals surface area contributed by atoms with E-state index in [2.05, 4.69) is 25.1 Å². The van der Waals surface area contributed by atoms with Gasteiger partial charge in [-0.25, -0.2) is 14.7 Å². The van der Waals surface area contributed by atoms with Gasteiger partial charge in [0.05, 0.1) is 17.1 Å². The average molecular weight is 655 g/mol. The van der Waals surface area contributed by atoms with Crippen LogP contribution in [0.3, 0.4) is 0 Å². The fourth-order valence-corrected chi connectivity index (χ4v) is 5.44. The van der Waals surface area contributed by atoms with Gasteiger partial charge in [-0.05, 0) is 93.8 Å². The van der Waals surface area contributed by atoms with Crippen LogP contribution in [0.1, 0.15) is 37.7 Å². The first-order valence-electron chi connectivity index (χ1n) is 14.4. The number of hydrogen-bond acceptors (Lipinski definition) is 9. The summed E-state index contributed by atoms with van der Waals surface area (Å²) >= 11 is 1.25. The highest BCUT2D eigenvalue weighted by Crippen LogP contribution is 2.37. The van der Waals surface area contributed by atoms with Crippen molar-refractivity contribution in [3.8, 4) is 17.2 Å². The predicted octanol–water partition coefficient (Wildman–Crippen LogP) is 6.26. The van der Waals surface area contributed by atoms with E-state index < -0.39 is 18.3 Å². The fraction of sp³-hybridized carbons (Fsp3) is 0.312. The largest absolute Gasteiger partial charge is 0.573 e. The normalized spacial score (nSPS) is 15.3. The molecular formula is C32H33F3N6O4S. The zero-order valence-corrected chi connectivity index (χ0v) is 26.4. The second-order valence-electron chi connectivity index (χ2n) is 11.5. The molecule has 0 saturated carbocycles. The van der Waals surface area contributed by atoms with Crippen LogP contribution in [0.5, 0.6) is 11.5 Å². The van der Waals surface area contributed by atoms with Crippen LogP contribution >= 0.6 is 11.8 Å². The van der Waals surface area contributed by atoms with Gasteiger partial charge in [0.1, 0.15) is 23.4 Å². The molecule has 1 aromatic heterocycles. The van der Waals surface area contributed by atoms with Crippen LogP contribution < -0.4 is 19.7 Å². The summed E-state index contributed by atoms with van der Waals surface area (Å²) in [5, 5.41) is 18.5. The molecule has 0 radical (unpaired) electrons. The molecule has 10 nitrogen and oxygen atoms in total. The maximum Gasteiger partial charge on any atom is 0.573 e. The SMILES string of the molecule is Cc1ccc(OC(C)(C)C)c(N2C(=O)CSC2=NC(O)Nc2ccc(CCc3ncn(-c4ccc(OC(F)(F)F)cc4)n3)cc2)c1. The molecule has 242 valence electrons. The highest BCUT2D eigenvalue weighted by atomic mass is 32.2. The minimum atomic E-state index is -4.75. The number of aliphatic imine (C=N–C) groups is 1. The molecule has 1 atom stereocenters. The van der Waals surface area contributed by atoms with Gasteiger partial charge in [-0.15, -0.1) is 13.2 Å². The van der Waals surface area contributed by atoms with Crippen molar-refractivity contribution in [2.24, 2.45) is 4.99 Å². The van der Waals surface area contributed by atoms with E-state index in [0.717, 1.165) is 11.1 Å². The summed E-state index contributed by atoms with van der Waals surface area (Å²) in [6, 6.07) is 18.4. The smallest absolute Gasteiger partial charge is 0.486 e. The van der Waals surface area contributed by atoms with E-state index >= 15 is 0 Å². The summed E-state index contributed by atoms with van der Waals surface area (Å²) in [6.07, 6.45) is -3.39. The highest BCUT2D eigenvalue weighted by molar-refractivity contribution is 8.15. The number of hydrogen-bond donors (Lipinski definition) is 2. The second-order valence-corrected chi connectivity index (χ2v) is 12.4. The van der Waals surface area contributed by atoms with E-state index in [1.165, 1.54) is 51.9 Å². The van der Waals surface area contributed by atoms with Crippen molar-refractivity contribution in [1.29, 1.82) is 0 Å². The Balaban J connectivity index is 1.18. The minimum Gasteiger partial charge on any atom is -0.486 e. The number of amides is 1. The summed E-state index contributed by atoms with van der Waals surface area (Å²) in [4.78, 5) is 23.1. The number of halogens is 3.